The molecule has 158 valence electrons. The van der Waals surface area contributed by atoms with E-state index in [2.05, 4.69) is 10.5 Å². The van der Waals surface area contributed by atoms with E-state index in [9.17, 15) is 14.7 Å². The fourth-order valence-electron chi connectivity index (χ4n) is 3.00. The third kappa shape index (κ3) is 4.87. The number of rotatable bonds is 9. The zero-order chi connectivity index (χ0) is 21.5. The number of aromatic nitrogens is 1. The Hall–Kier alpha value is -3.17. The first-order valence-electron chi connectivity index (χ1n) is 9.31. The molecule has 1 amide bonds. The van der Waals surface area contributed by atoms with Gasteiger partial charge in [0.25, 0.3) is 11.8 Å². The van der Waals surface area contributed by atoms with Gasteiger partial charge in [0.15, 0.2) is 11.9 Å². The molecule has 1 aromatic carbocycles. The predicted molar refractivity (Wildman–Crippen MR) is 110 cm³/mol. The van der Waals surface area contributed by atoms with E-state index >= 15 is 0 Å². The van der Waals surface area contributed by atoms with Gasteiger partial charge in [-0.1, -0.05) is 36.4 Å². The summed E-state index contributed by atoms with van der Waals surface area (Å²) in [5, 5.41) is 18.3. The lowest BCUT2D eigenvalue weighted by Gasteiger charge is -2.21. The van der Waals surface area contributed by atoms with E-state index in [4.69, 9.17) is 14.0 Å². The summed E-state index contributed by atoms with van der Waals surface area (Å²) in [7, 11) is 1.41. The number of hydrogen-bond acceptors (Lipinski definition) is 8. The lowest BCUT2D eigenvalue weighted by molar-refractivity contribution is -0.148. The highest BCUT2D eigenvalue weighted by Gasteiger charge is 2.31. The molecule has 0 fully saturated rings. The van der Waals surface area contributed by atoms with Gasteiger partial charge >= 0.3 is 5.97 Å². The van der Waals surface area contributed by atoms with Crippen molar-refractivity contribution in [3.63, 3.8) is 0 Å². The molecule has 0 spiro atoms. The highest BCUT2D eigenvalue weighted by Crippen LogP contribution is 2.34. The van der Waals surface area contributed by atoms with Crippen molar-refractivity contribution in [3.05, 3.63) is 59.0 Å². The Morgan fingerprint density at radius 2 is 2.00 bits per heavy atom. The fraction of sp³-hybridized carbons (Fsp3) is 0.286. The molecule has 8 nitrogen and oxygen atoms in total. The fourth-order valence-corrected chi connectivity index (χ4v) is 3.72. The number of ether oxygens (including phenoxy) is 2. The summed E-state index contributed by atoms with van der Waals surface area (Å²) in [5.41, 5.74) is 0.955. The standard InChI is InChI=1S/C21H22N2O6S/c1-3-28-21(26)15(22-20(25)17(27-2)13-8-5-4-6-9-13)12-14-18(29-23-19(14)24)16-10-7-11-30-16/h4-11,15,17H,3,12H2,1-2H3,(H,22,25)(H,23,24). The van der Waals surface area contributed by atoms with Gasteiger partial charge in [0.1, 0.15) is 6.04 Å². The SMILES string of the molecule is CCOC(=O)C(Cc1c(O)noc1-c1cccs1)NC(=O)C(OC)c1ccccc1. The van der Waals surface area contributed by atoms with Gasteiger partial charge < -0.3 is 24.4 Å². The van der Waals surface area contributed by atoms with Crippen molar-refractivity contribution < 1.29 is 28.7 Å². The van der Waals surface area contributed by atoms with Crippen molar-refractivity contribution in [2.75, 3.05) is 13.7 Å². The van der Waals surface area contributed by atoms with Crippen LogP contribution >= 0.6 is 11.3 Å². The molecule has 2 unspecified atom stereocenters. The van der Waals surface area contributed by atoms with Crippen LogP contribution in [0, 0.1) is 0 Å². The van der Waals surface area contributed by atoms with Crippen molar-refractivity contribution >= 4 is 23.2 Å². The minimum absolute atomic E-state index is 0.0572. The smallest absolute Gasteiger partial charge is 0.328 e. The van der Waals surface area contributed by atoms with E-state index in [0.29, 0.717) is 16.9 Å². The van der Waals surface area contributed by atoms with Gasteiger partial charge in [0.05, 0.1) is 17.0 Å². The van der Waals surface area contributed by atoms with E-state index < -0.39 is 24.0 Å². The minimum Gasteiger partial charge on any atom is -0.491 e. The Morgan fingerprint density at radius 3 is 2.63 bits per heavy atom. The summed E-state index contributed by atoms with van der Waals surface area (Å²) >= 11 is 1.40. The summed E-state index contributed by atoms with van der Waals surface area (Å²) in [6, 6.07) is 11.5. The number of methoxy groups -OCH3 is 1. The highest BCUT2D eigenvalue weighted by molar-refractivity contribution is 7.13. The van der Waals surface area contributed by atoms with Crippen LogP contribution in [0.4, 0.5) is 0 Å². The summed E-state index contributed by atoms with van der Waals surface area (Å²) in [4.78, 5) is 26.2. The largest absolute Gasteiger partial charge is 0.491 e. The average Bonchev–Trinajstić information content (AvgIpc) is 3.39. The van der Waals surface area contributed by atoms with Crippen LogP contribution in [0.15, 0.2) is 52.4 Å². The van der Waals surface area contributed by atoms with Crippen LogP contribution < -0.4 is 5.32 Å². The molecule has 0 saturated carbocycles. The molecule has 30 heavy (non-hydrogen) atoms. The Balaban J connectivity index is 1.85. The monoisotopic (exact) mass is 430 g/mol. The maximum absolute atomic E-state index is 12.9. The molecule has 0 saturated heterocycles. The molecule has 3 aromatic rings. The van der Waals surface area contributed by atoms with Gasteiger partial charge in [-0.2, -0.15) is 0 Å². The van der Waals surface area contributed by atoms with Crippen LogP contribution in [0.3, 0.4) is 0 Å². The van der Waals surface area contributed by atoms with Crippen molar-refractivity contribution in [1.29, 1.82) is 0 Å². The first-order valence-corrected chi connectivity index (χ1v) is 10.2. The predicted octanol–water partition coefficient (Wildman–Crippen LogP) is 3.09. The van der Waals surface area contributed by atoms with Crippen molar-refractivity contribution in [2.45, 2.75) is 25.5 Å². The van der Waals surface area contributed by atoms with Gasteiger partial charge in [-0.15, -0.1) is 11.3 Å². The number of carbonyl (C=O) groups is 2. The first kappa shape index (κ1) is 21.5. The number of aromatic hydroxyl groups is 1. The molecule has 0 aliphatic rings. The number of nitrogens with one attached hydrogen (secondary N) is 1. The zero-order valence-electron chi connectivity index (χ0n) is 16.5. The summed E-state index contributed by atoms with van der Waals surface area (Å²) in [6.07, 6.45) is -0.964. The summed E-state index contributed by atoms with van der Waals surface area (Å²) < 4.78 is 15.7. The zero-order valence-corrected chi connectivity index (χ0v) is 17.3. The lowest BCUT2D eigenvalue weighted by atomic mass is 10.0. The molecule has 0 radical (unpaired) electrons. The third-order valence-corrected chi connectivity index (χ3v) is 5.25. The average molecular weight is 430 g/mol. The lowest BCUT2D eigenvalue weighted by Crippen LogP contribution is -2.45. The van der Waals surface area contributed by atoms with Gasteiger partial charge in [-0.3, -0.25) is 4.79 Å². The molecule has 2 N–H and O–H groups in total. The maximum Gasteiger partial charge on any atom is 0.328 e. The summed E-state index contributed by atoms with van der Waals surface area (Å²) in [5.74, 6) is -1.13. The van der Waals surface area contributed by atoms with Crippen LogP contribution in [0.25, 0.3) is 10.6 Å². The minimum atomic E-state index is -1.07. The van der Waals surface area contributed by atoms with E-state index in [1.54, 1.807) is 31.2 Å². The van der Waals surface area contributed by atoms with Crippen LogP contribution in [0.1, 0.15) is 24.2 Å². The molecule has 0 bridgehead atoms. The molecular formula is C21H22N2O6S. The molecule has 0 aliphatic heterocycles. The van der Waals surface area contributed by atoms with Crippen LogP contribution in [-0.2, 0) is 25.5 Å². The topological polar surface area (TPSA) is 111 Å². The van der Waals surface area contributed by atoms with Crippen LogP contribution in [0.5, 0.6) is 5.88 Å². The van der Waals surface area contributed by atoms with E-state index in [1.165, 1.54) is 18.4 Å². The second kappa shape index (κ2) is 10.0. The number of carbonyl (C=O) groups excluding carboxylic acids is 2. The molecule has 2 aromatic heterocycles. The Bertz CT molecular complexity index is 971. The van der Waals surface area contributed by atoms with Crippen LogP contribution in [-0.4, -0.2) is 41.9 Å². The number of hydrogen-bond donors (Lipinski definition) is 2. The molecule has 2 atom stereocenters. The molecule has 3 rings (SSSR count). The highest BCUT2D eigenvalue weighted by atomic mass is 32.1. The third-order valence-electron chi connectivity index (χ3n) is 4.38. The Labute approximate surface area is 177 Å². The second-order valence-electron chi connectivity index (χ2n) is 6.33. The van der Waals surface area contributed by atoms with E-state index in [-0.39, 0.29) is 18.9 Å². The van der Waals surface area contributed by atoms with Gasteiger partial charge in [0.2, 0.25) is 0 Å². The van der Waals surface area contributed by atoms with E-state index in [1.807, 2.05) is 23.6 Å². The number of nitrogens with zero attached hydrogens (tertiary/aromatic N) is 1. The van der Waals surface area contributed by atoms with Gasteiger partial charge in [0, 0.05) is 13.5 Å². The van der Waals surface area contributed by atoms with Crippen molar-refractivity contribution in [1.82, 2.24) is 10.5 Å². The van der Waals surface area contributed by atoms with Crippen molar-refractivity contribution in [2.24, 2.45) is 0 Å². The quantitative estimate of drug-likeness (QED) is 0.502. The van der Waals surface area contributed by atoms with Crippen molar-refractivity contribution in [3.8, 4) is 16.5 Å². The van der Waals surface area contributed by atoms with Gasteiger partial charge in [-0.25, -0.2) is 4.79 Å². The molecular weight excluding hydrogens is 408 g/mol. The van der Waals surface area contributed by atoms with Crippen LogP contribution in [0.2, 0.25) is 0 Å². The molecule has 0 aliphatic carbocycles. The number of amides is 1. The normalized spacial score (nSPS) is 12.9. The maximum atomic E-state index is 12.9. The number of benzene rings is 1. The van der Waals surface area contributed by atoms with E-state index in [0.717, 1.165) is 4.88 Å². The van der Waals surface area contributed by atoms with Gasteiger partial charge in [-0.05, 0) is 29.1 Å². The summed E-state index contributed by atoms with van der Waals surface area (Å²) in [6.45, 7) is 1.82. The number of thiophene rings is 1. The number of esters is 1. The Kier molecular flexibility index (Phi) is 7.21. The molecule has 2 heterocycles. The Morgan fingerprint density at radius 1 is 1.23 bits per heavy atom. The molecule has 9 heteroatoms. The first-order chi connectivity index (χ1) is 14.5. The second-order valence-corrected chi connectivity index (χ2v) is 7.28.